The number of hydrogen-bond donors (Lipinski definition) is 2. The molecule has 0 bridgehead atoms. The van der Waals surface area contributed by atoms with Crippen LogP contribution in [-0.4, -0.2) is 20.6 Å². The van der Waals surface area contributed by atoms with E-state index in [0.29, 0.717) is 5.69 Å². The number of para-hydroxylation sites is 1. The van der Waals surface area contributed by atoms with Crippen molar-refractivity contribution in [1.82, 2.24) is 9.55 Å². The summed E-state index contributed by atoms with van der Waals surface area (Å²) in [6.45, 7) is 3.99. The van der Waals surface area contributed by atoms with Gasteiger partial charge in [0.25, 0.3) is 0 Å². The number of imidazole rings is 1. The van der Waals surface area contributed by atoms with E-state index in [2.05, 4.69) is 10.3 Å². The molecule has 0 radical (unpaired) electrons. The standard InChI is InChI=1S/C14H17N3O2/c1-10(2)17-9-15-8-12(17)13(14(18)19)16-11-6-4-3-5-7-11/h3-10,13,16H,1-2H3,(H,18,19). The highest BCUT2D eigenvalue weighted by Crippen LogP contribution is 2.22. The first-order valence-corrected chi connectivity index (χ1v) is 6.15. The van der Waals surface area contributed by atoms with Gasteiger partial charge in [-0.1, -0.05) is 18.2 Å². The molecule has 2 aromatic rings. The number of aromatic nitrogens is 2. The second-order valence-electron chi connectivity index (χ2n) is 4.60. The molecule has 2 rings (SSSR count). The van der Waals surface area contributed by atoms with Crippen LogP contribution in [0, 0.1) is 0 Å². The summed E-state index contributed by atoms with van der Waals surface area (Å²) in [6.07, 6.45) is 3.25. The highest BCUT2D eigenvalue weighted by Gasteiger charge is 2.24. The first-order chi connectivity index (χ1) is 9.09. The van der Waals surface area contributed by atoms with Gasteiger partial charge in [0.2, 0.25) is 0 Å². The average Bonchev–Trinajstić information content (AvgIpc) is 2.86. The molecule has 0 spiro atoms. The minimum absolute atomic E-state index is 0.164. The molecule has 0 aliphatic carbocycles. The Morgan fingerprint density at radius 3 is 2.58 bits per heavy atom. The minimum atomic E-state index is -0.925. The molecule has 0 fully saturated rings. The molecule has 0 amide bonds. The van der Waals surface area contributed by atoms with Gasteiger partial charge in [-0.15, -0.1) is 0 Å². The van der Waals surface area contributed by atoms with Crippen LogP contribution in [0.25, 0.3) is 0 Å². The third-order valence-electron chi connectivity index (χ3n) is 2.88. The van der Waals surface area contributed by atoms with Crippen molar-refractivity contribution in [3.8, 4) is 0 Å². The van der Waals surface area contributed by atoms with Gasteiger partial charge in [0.05, 0.1) is 18.2 Å². The maximum atomic E-state index is 11.5. The van der Waals surface area contributed by atoms with E-state index in [1.807, 2.05) is 48.7 Å². The lowest BCUT2D eigenvalue weighted by Gasteiger charge is -2.19. The number of carboxylic acids is 1. The van der Waals surface area contributed by atoms with Crippen LogP contribution < -0.4 is 5.32 Å². The third-order valence-corrected chi connectivity index (χ3v) is 2.88. The molecule has 1 heterocycles. The highest BCUT2D eigenvalue weighted by atomic mass is 16.4. The number of hydrogen-bond acceptors (Lipinski definition) is 3. The number of nitrogens with one attached hydrogen (secondary N) is 1. The number of nitrogens with zero attached hydrogens (tertiary/aromatic N) is 2. The molecular weight excluding hydrogens is 242 g/mol. The van der Waals surface area contributed by atoms with Crippen LogP contribution in [0.1, 0.15) is 31.6 Å². The van der Waals surface area contributed by atoms with Crippen molar-refractivity contribution >= 4 is 11.7 Å². The van der Waals surface area contributed by atoms with Crippen molar-refractivity contribution in [3.05, 3.63) is 48.5 Å². The van der Waals surface area contributed by atoms with Crippen molar-refractivity contribution in [2.45, 2.75) is 25.9 Å². The van der Waals surface area contributed by atoms with Crippen LogP contribution in [-0.2, 0) is 4.79 Å². The van der Waals surface area contributed by atoms with Crippen LogP contribution >= 0.6 is 0 Å². The molecule has 5 nitrogen and oxygen atoms in total. The molecule has 100 valence electrons. The Kier molecular flexibility index (Phi) is 3.85. The summed E-state index contributed by atoms with van der Waals surface area (Å²) < 4.78 is 1.86. The summed E-state index contributed by atoms with van der Waals surface area (Å²) in [5.74, 6) is -0.925. The predicted molar refractivity (Wildman–Crippen MR) is 73.1 cm³/mol. The van der Waals surface area contributed by atoms with Gasteiger partial charge in [0, 0.05) is 11.7 Å². The van der Waals surface area contributed by atoms with Crippen LogP contribution in [0.15, 0.2) is 42.9 Å². The van der Waals surface area contributed by atoms with Gasteiger partial charge in [-0.05, 0) is 26.0 Å². The van der Waals surface area contributed by atoms with E-state index >= 15 is 0 Å². The van der Waals surface area contributed by atoms with E-state index in [1.54, 1.807) is 12.5 Å². The zero-order valence-corrected chi connectivity index (χ0v) is 10.9. The third kappa shape index (κ3) is 2.93. The van der Waals surface area contributed by atoms with Crippen molar-refractivity contribution in [2.75, 3.05) is 5.32 Å². The van der Waals surface area contributed by atoms with Crippen molar-refractivity contribution < 1.29 is 9.90 Å². The number of benzene rings is 1. The molecule has 1 atom stereocenters. The Morgan fingerprint density at radius 1 is 1.32 bits per heavy atom. The molecular formula is C14H17N3O2. The molecule has 0 saturated heterocycles. The van der Waals surface area contributed by atoms with Crippen LogP contribution in [0.5, 0.6) is 0 Å². The number of rotatable bonds is 5. The fourth-order valence-corrected chi connectivity index (χ4v) is 1.93. The van der Waals surface area contributed by atoms with Gasteiger partial charge in [0.15, 0.2) is 6.04 Å². The molecule has 1 unspecified atom stereocenters. The Bertz CT molecular complexity index is 549. The van der Waals surface area contributed by atoms with Crippen molar-refractivity contribution in [1.29, 1.82) is 0 Å². The monoisotopic (exact) mass is 259 g/mol. The van der Waals surface area contributed by atoms with Gasteiger partial charge >= 0.3 is 5.97 Å². The zero-order valence-electron chi connectivity index (χ0n) is 10.9. The number of aliphatic carboxylic acids is 1. The van der Waals surface area contributed by atoms with Crippen LogP contribution in [0.3, 0.4) is 0 Å². The van der Waals surface area contributed by atoms with Gasteiger partial charge in [-0.3, -0.25) is 0 Å². The Hall–Kier alpha value is -2.30. The topological polar surface area (TPSA) is 67.2 Å². The summed E-state index contributed by atoms with van der Waals surface area (Å²) in [5, 5.41) is 12.4. The van der Waals surface area contributed by atoms with E-state index in [-0.39, 0.29) is 6.04 Å². The maximum Gasteiger partial charge on any atom is 0.332 e. The molecule has 5 heteroatoms. The average molecular weight is 259 g/mol. The first-order valence-electron chi connectivity index (χ1n) is 6.15. The first kappa shape index (κ1) is 13.1. The lowest BCUT2D eigenvalue weighted by Crippen LogP contribution is -2.23. The number of carbonyl (C=O) groups is 1. The van der Waals surface area contributed by atoms with E-state index in [0.717, 1.165) is 5.69 Å². The summed E-state index contributed by atoms with van der Waals surface area (Å²) >= 11 is 0. The Balaban J connectivity index is 2.30. The number of carboxylic acid groups (broad SMARTS) is 1. The second-order valence-corrected chi connectivity index (χ2v) is 4.60. The molecule has 1 aromatic heterocycles. The molecule has 0 aliphatic heterocycles. The van der Waals surface area contributed by atoms with Crippen molar-refractivity contribution in [2.24, 2.45) is 0 Å². The Labute approximate surface area is 111 Å². The quantitative estimate of drug-likeness (QED) is 0.866. The lowest BCUT2D eigenvalue weighted by atomic mass is 10.2. The molecule has 1 aromatic carbocycles. The minimum Gasteiger partial charge on any atom is -0.479 e. The summed E-state index contributed by atoms with van der Waals surface area (Å²) in [7, 11) is 0. The van der Waals surface area contributed by atoms with E-state index in [9.17, 15) is 9.90 Å². The highest BCUT2D eigenvalue weighted by molar-refractivity contribution is 5.78. The molecule has 0 saturated carbocycles. The maximum absolute atomic E-state index is 11.5. The normalized spacial score (nSPS) is 12.4. The summed E-state index contributed by atoms with van der Waals surface area (Å²) in [5.41, 5.74) is 1.41. The van der Waals surface area contributed by atoms with Gasteiger partial charge in [-0.25, -0.2) is 9.78 Å². The fraction of sp³-hybridized carbons (Fsp3) is 0.286. The summed E-state index contributed by atoms with van der Waals surface area (Å²) in [4.78, 5) is 15.5. The van der Waals surface area contributed by atoms with E-state index in [4.69, 9.17) is 0 Å². The van der Waals surface area contributed by atoms with Crippen molar-refractivity contribution in [3.63, 3.8) is 0 Å². The smallest absolute Gasteiger partial charge is 0.332 e. The SMILES string of the molecule is CC(C)n1cncc1C(Nc1ccccc1)C(=O)O. The van der Waals surface area contributed by atoms with Crippen LogP contribution in [0.2, 0.25) is 0 Å². The fourth-order valence-electron chi connectivity index (χ4n) is 1.93. The van der Waals surface area contributed by atoms with Gasteiger partial charge < -0.3 is 15.0 Å². The lowest BCUT2D eigenvalue weighted by molar-refractivity contribution is -0.138. The zero-order chi connectivity index (χ0) is 13.8. The van der Waals surface area contributed by atoms with E-state index in [1.165, 1.54) is 0 Å². The molecule has 2 N–H and O–H groups in total. The molecule has 0 aliphatic rings. The number of anilines is 1. The second kappa shape index (κ2) is 5.56. The van der Waals surface area contributed by atoms with Gasteiger partial charge in [-0.2, -0.15) is 0 Å². The van der Waals surface area contributed by atoms with Gasteiger partial charge in [0.1, 0.15) is 0 Å². The molecule has 19 heavy (non-hydrogen) atoms. The largest absolute Gasteiger partial charge is 0.479 e. The van der Waals surface area contributed by atoms with E-state index < -0.39 is 12.0 Å². The predicted octanol–water partition coefficient (Wildman–Crippen LogP) is 2.70. The summed E-state index contributed by atoms with van der Waals surface area (Å²) in [6, 6.07) is 8.64. The Morgan fingerprint density at radius 2 is 2.00 bits per heavy atom. The van der Waals surface area contributed by atoms with Crippen LogP contribution in [0.4, 0.5) is 5.69 Å².